The highest BCUT2D eigenvalue weighted by atomic mass is 31.2. The summed E-state index contributed by atoms with van der Waals surface area (Å²) in [4.78, 5) is 58.4. The number of hydrogen-bond donors (Lipinski definition) is 4. The van der Waals surface area contributed by atoms with E-state index in [1.807, 2.05) is 12.2 Å². The molecule has 0 saturated carbocycles. The maximum atomic E-state index is 12.9. The average Bonchev–Trinajstić information content (AvgIpc) is 3.76. The van der Waals surface area contributed by atoms with Gasteiger partial charge in [0.2, 0.25) is 0 Å². The summed E-state index contributed by atoms with van der Waals surface area (Å²) in [5.41, 5.74) is 0. The molecule has 0 radical (unpaired) electrons. The van der Waals surface area contributed by atoms with E-state index in [1.54, 1.807) is 0 Å². The van der Waals surface area contributed by atoms with E-state index in [-0.39, 0.29) is 19.3 Å². The van der Waals surface area contributed by atoms with Crippen molar-refractivity contribution in [3.8, 4) is 0 Å². The van der Waals surface area contributed by atoms with Crippen LogP contribution in [0.4, 0.5) is 0 Å². The number of phosphoric acid groups is 2. The summed E-state index contributed by atoms with van der Waals surface area (Å²) >= 11 is 0. The van der Waals surface area contributed by atoms with Gasteiger partial charge in [-0.2, -0.15) is 0 Å². The van der Waals surface area contributed by atoms with Gasteiger partial charge in [-0.05, 0) is 128 Å². The van der Waals surface area contributed by atoms with Crippen molar-refractivity contribution in [3.05, 3.63) is 134 Å². The van der Waals surface area contributed by atoms with Crippen molar-refractivity contribution in [1.82, 2.24) is 0 Å². The van der Waals surface area contributed by atoms with Crippen molar-refractivity contribution < 1.29 is 75.8 Å². The maximum absolute atomic E-state index is 12.9. The monoisotopic (exact) mass is 1370 g/mol. The molecule has 5 atom stereocenters. The fourth-order valence-corrected chi connectivity index (χ4v) is 10.9. The summed E-state index contributed by atoms with van der Waals surface area (Å²) in [5, 5.41) is 20.6. The van der Waals surface area contributed by atoms with Crippen LogP contribution >= 0.6 is 15.6 Å². The molecule has 0 aromatic carbocycles. The fraction of sp³-hybridized carbons (Fsp3) is 0.675. The molecule has 4 N–H and O–H groups in total. The number of ether oxygens (including phenoxy) is 3. The van der Waals surface area contributed by atoms with Gasteiger partial charge < -0.3 is 34.2 Å². The first kappa shape index (κ1) is 90.7. The molecule has 16 nitrogen and oxygen atoms in total. The molecule has 0 amide bonds. The summed E-state index contributed by atoms with van der Waals surface area (Å²) < 4.78 is 60.9. The van der Waals surface area contributed by atoms with E-state index in [0.717, 1.165) is 128 Å². The number of aliphatic hydroxyl groups excluding tert-OH is 2. The molecule has 544 valence electrons. The van der Waals surface area contributed by atoms with E-state index in [0.29, 0.717) is 25.7 Å². The van der Waals surface area contributed by atoms with Crippen molar-refractivity contribution in [3.63, 3.8) is 0 Å². The number of allylic oxidation sites excluding steroid dienone is 22. The van der Waals surface area contributed by atoms with Crippen LogP contribution in [0.5, 0.6) is 0 Å². The summed E-state index contributed by atoms with van der Waals surface area (Å²) in [5.74, 6) is -1.66. The van der Waals surface area contributed by atoms with Gasteiger partial charge in [-0.1, -0.05) is 264 Å². The minimum absolute atomic E-state index is 0.0798. The zero-order chi connectivity index (χ0) is 69.5. The lowest BCUT2D eigenvalue weighted by Crippen LogP contribution is -2.30. The molecule has 0 spiro atoms. The predicted octanol–water partition coefficient (Wildman–Crippen LogP) is 20.8. The molecule has 0 aromatic heterocycles. The number of carbonyl (C=O) groups excluding carboxylic acids is 3. The fourth-order valence-electron chi connectivity index (χ4n) is 9.33. The summed E-state index contributed by atoms with van der Waals surface area (Å²) in [6.07, 6.45) is 82.4. The lowest BCUT2D eigenvalue weighted by atomic mass is 10.0. The highest BCUT2D eigenvalue weighted by Gasteiger charge is 2.29. The lowest BCUT2D eigenvalue weighted by Gasteiger charge is -2.21. The van der Waals surface area contributed by atoms with E-state index in [1.165, 1.54) is 83.5 Å². The Morgan fingerprint density at radius 2 is 0.568 bits per heavy atom. The molecular weight excluding hydrogens is 1240 g/mol. The Kier molecular flexibility index (Phi) is 66.4. The molecule has 18 heteroatoms. The first-order valence-electron chi connectivity index (χ1n) is 36.5. The Balaban J connectivity index is 4.51. The Labute approximate surface area is 575 Å². The van der Waals surface area contributed by atoms with Crippen LogP contribution in [-0.2, 0) is 55.8 Å². The van der Waals surface area contributed by atoms with Gasteiger partial charge in [-0.3, -0.25) is 32.5 Å². The smallest absolute Gasteiger partial charge is 0.463 e. The first-order chi connectivity index (χ1) is 46.2. The van der Waals surface area contributed by atoms with Crippen molar-refractivity contribution in [2.75, 3.05) is 39.6 Å². The summed E-state index contributed by atoms with van der Waals surface area (Å²) in [6, 6.07) is 0. The third-order valence-corrected chi connectivity index (χ3v) is 16.7. The van der Waals surface area contributed by atoms with Gasteiger partial charge in [0.15, 0.2) is 6.10 Å². The van der Waals surface area contributed by atoms with Gasteiger partial charge in [0.05, 0.1) is 26.4 Å². The minimum Gasteiger partial charge on any atom is -0.463 e. The largest absolute Gasteiger partial charge is 0.472 e. The number of aliphatic hydroxyl groups is 2. The minimum atomic E-state index is -4.94. The van der Waals surface area contributed by atoms with Crippen LogP contribution < -0.4 is 0 Å². The Morgan fingerprint density at radius 3 is 0.937 bits per heavy atom. The van der Waals surface area contributed by atoms with Crippen molar-refractivity contribution in [2.45, 2.75) is 296 Å². The zero-order valence-electron chi connectivity index (χ0n) is 59.0. The SMILES string of the molecule is CC/C=C\C/C=C\C/C=C\C/C=C\C/C=C\CCCCCCCCCCCCCCCC(=O)OCC(O)COP(=O)(O)OCC(O)COP(=O)(O)OCC(COC(=O)CCC/C=C\C/C=C\C/C=C\C/C=C\C/C=C\CC)OC(=O)CCCCCCC/C=C\CCCCCC. The zero-order valence-corrected chi connectivity index (χ0v) is 60.8. The molecule has 0 saturated heterocycles. The normalized spacial score (nSPS) is 14.9. The topological polar surface area (TPSA) is 231 Å². The van der Waals surface area contributed by atoms with Gasteiger partial charge in [0.1, 0.15) is 25.4 Å². The van der Waals surface area contributed by atoms with Crippen LogP contribution in [0, 0.1) is 0 Å². The van der Waals surface area contributed by atoms with Gasteiger partial charge in [0, 0.05) is 19.3 Å². The Hall–Kier alpha value is -4.31. The average molecular weight is 1370 g/mol. The van der Waals surface area contributed by atoms with Crippen LogP contribution in [0.1, 0.15) is 278 Å². The number of carbonyl (C=O) groups is 3. The van der Waals surface area contributed by atoms with Crippen LogP contribution in [0.15, 0.2) is 134 Å². The molecule has 0 bridgehead atoms. The molecule has 95 heavy (non-hydrogen) atoms. The summed E-state index contributed by atoms with van der Waals surface area (Å²) in [7, 11) is -9.80. The second-order valence-electron chi connectivity index (χ2n) is 24.0. The number of rotatable bonds is 68. The van der Waals surface area contributed by atoms with Crippen LogP contribution in [0.25, 0.3) is 0 Å². The molecule has 0 rings (SSSR count). The van der Waals surface area contributed by atoms with Gasteiger partial charge in [-0.25, -0.2) is 9.13 Å². The molecule has 0 aromatic rings. The Morgan fingerprint density at radius 1 is 0.305 bits per heavy atom. The van der Waals surface area contributed by atoms with Crippen LogP contribution in [0.2, 0.25) is 0 Å². The number of hydrogen-bond acceptors (Lipinski definition) is 14. The molecule has 0 heterocycles. The molecular formula is C77H130O16P2. The molecule has 0 aliphatic heterocycles. The van der Waals surface area contributed by atoms with Crippen molar-refractivity contribution in [2.24, 2.45) is 0 Å². The van der Waals surface area contributed by atoms with E-state index in [4.69, 9.17) is 32.3 Å². The quantitative estimate of drug-likeness (QED) is 0.0146. The molecule has 0 aliphatic carbocycles. The lowest BCUT2D eigenvalue weighted by molar-refractivity contribution is -0.161. The van der Waals surface area contributed by atoms with Gasteiger partial charge in [-0.15, -0.1) is 0 Å². The number of esters is 3. The highest BCUT2D eigenvalue weighted by molar-refractivity contribution is 7.47. The Bertz CT molecular complexity index is 2260. The second kappa shape index (κ2) is 69.6. The van der Waals surface area contributed by atoms with Crippen LogP contribution in [-0.4, -0.2) is 95.9 Å². The van der Waals surface area contributed by atoms with E-state index >= 15 is 0 Å². The standard InChI is InChI=1S/C77H130O16P2/c1-4-7-10-13-16-19-22-25-27-29-30-31-32-33-34-35-36-37-38-39-40-42-44-46-48-51-54-57-60-63-75(80)87-66-72(78)67-89-94(83,84)90-68-73(79)69-91-95(85,86)92-71-74(93-77(82)65-62-59-56-53-50-45-24-21-18-15-12-9-6-3)70-88-76(81)64-61-58-55-52-49-47-43-41-28-26-23-20-17-14-11-8-5-2/h7-8,10-11,16-17,19-21,24-28,30-31,33-34,43,47,52,55,72-74,78-79H,4-6,9,12-15,18,22-23,29,32,35-42,44-46,48-51,53-54,56-71H2,1-3H3,(H,83,84)(H,85,86)/b10-7-,11-8-,19-16-,20-17-,24-21-,27-25-,28-26-,31-30-,34-33-,47-43-,55-52-. The molecule has 0 aliphatic rings. The third kappa shape index (κ3) is 70.8. The highest BCUT2D eigenvalue weighted by Crippen LogP contribution is 2.45. The maximum Gasteiger partial charge on any atom is 0.472 e. The van der Waals surface area contributed by atoms with Crippen molar-refractivity contribution >= 4 is 33.6 Å². The predicted molar refractivity (Wildman–Crippen MR) is 390 cm³/mol. The van der Waals surface area contributed by atoms with E-state index < -0.39 is 91.5 Å². The number of phosphoric ester groups is 2. The first-order valence-corrected chi connectivity index (χ1v) is 39.5. The second-order valence-corrected chi connectivity index (χ2v) is 26.9. The third-order valence-electron chi connectivity index (χ3n) is 14.8. The number of unbranched alkanes of at least 4 members (excludes halogenated alkanes) is 23. The van der Waals surface area contributed by atoms with E-state index in [2.05, 4.69) is 142 Å². The summed E-state index contributed by atoms with van der Waals surface area (Å²) in [6.45, 7) is 2.34. The molecule has 0 fully saturated rings. The van der Waals surface area contributed by atoms with Crippen LogP contribution in [0.3, 0.4) is 0 Å². The van der Waals surface area contributed by atoms with Gasteiger partial charge in [0.25, 0.3) is 0 Å². The molecule has 5 unspecified atom stereocenters. The van der Waals surface area contributed by atoms with Crippen molar-refractivity contribution in [1.29, 1.82) is 0 Å². The van der Waals surface area contributed by atoms with Gasteiger partial charge >= 0.3 is 33.6 Å². The van der Waals surface area contributed by atoms with E-state index in [9.17, 15) is 43.5 Å².